The Hall–Kier alpha value is -2.48. The number of aromatic carboxylic acids is 1. The first-order valence-electron chi connectivity index (χ1n) is 7.67. The highest BCUT2D eigenvalue weighted by Gasteiger charge is 2.33. The van der Waals surface area contributed by atoms with Crippen LogP contribution in [0.25, 0.3) is 0 Å². The number of hydrogen-bond acceptors (Lipinski definition) is 3. The third-order valence-electron chi connectivity index (χ3n) is 3.50. The van der Waals surface area contributed by atoms with Crippen molar-refractivity contribution in [2.75, 3.05) is 5.32 Å². The normalized spacial score (nSPS) is 11.2. The van der Waals surface area contributed by atoms with Crippen LogP contribution in [0.5, 0.6) is 0 Å². The van der Waals surface area contributed by atoms with Gasteiger partial charge in [0.05, 0.1) is 16.8 Å². The van der Waals surface area contributed by atoms with Crippen molar-refractivity contribution >= 4 is 29.3 Å². The van der Waals surface area contributed by atoms with Crippen LogP contribution >= 0.6 is 11.8 Å². The molecule has 2 aromatic rings. The maximum Gasteiger partial charge on any atom is 0.417 e. The van der Waals surface area contributed by atoms with E-state index in [1.54, 1.807) is 13.0 Å². The first-order valence-corrected chi connectivity index (χ1v) is 8.66. The molecule has 138 valence electrons. The molecule has 0 bridgehead atoms. The van der Waals surface area contributed by atoms with E-state index < -0.39 is 17.7 Å². The molecule has 0 spiro atoms. The Bertz CT molecular complexity index is 822. The standard InChI is InChI=1S/C18H16F3NO3S/c1-2-16(23)22-14-8-7-11(9-12(14)17(24)25)10-26-15-6-4-3-5-13(15)18(19,20)21/h3-9H,2,10H2,1H3,(H,22,23)(H,24,25). The molecule has 0 atom stereocenters. The zero-order valence-corrected chi connectivity index (χ0v) is 14.6. The summed E-state index contributed by atoms with van der Waals surface area (Å²) in [4.78, 5) is 22.9. The molecule has 0 aromatic heterocycles. The number of benzene rings is 2. The number of rotatable bonds is 6. The van der Waals surface area contributed by atoms with Crippen LogP contribution in [0.2, 0.25) is 0 Å². The van der Waals surface area contributed by atoms with Crippen molar-refractivity contribution in [3.8, 4) is 0 Å². The second-order valence-corrected chi connectivity index (χ2v) is 6.39. The minimum atomic E-state index is -4.45. The minimum absolute atomic E-state index is 0.0697. The molecular formula is C18H16F3NO3S. The van der Waals surface area contributed by atoms with E-state index in [-0.39, 0.29) is 34.2 Å². The number of carboxylic acid groups (broad SMARTS) is 1. The van der Waals surface area contributed by atoms with Crippen molar-refractivity contribution in [2.45, 2.75) is 30.2 Å². The molecule has 0 heterocycles. The SMILES string of the molecule is CCC(=O)Nc1ccc(CSc2ccccc2C(F)(F)F)cc1C(=O)O. The molecule has 0 aliphatic rings. The van der Waals surface area contributed by atoms with E-state index in [1.165, 1.54) is 30.3 Å². The van der Waals surface area contributed by atoms with Gasteiger partial charge in [-0.15, -0.1) is 11.8 Å². The van der Waals surface area contributed by atoms with Gasteiger partial charge in [0.2, 0.25) is 5.91 Å². The van der Waals surface area contributed by atoms with Crippen LogP contribution in [0.3, 0.4) is 0 Å². The Balaban J connectivity index is 2.22. The third kappa shape index (κ3) is 5.01. The van der Waals surface area contributed by atoms with Crippen LogP contribution in [-0.4, -0.2) is 17.0 Å². The lowest BCUT2D eigenvalue weighted by Crippen LogP contribution is -2.13. The molecular weight excluding hydrogens is 367 g/mol. The molecule has 2 rings (SSSR count). The van der Waals surface area contributed by atoms with E-state index in [4.69, 9.17) is 0 Å². The number of nitrogens with one attached hydrogen (secondary N) is 1. The lowest BCUT2D eigenvalue weighted by Gasteiger charge is -2.13. The van der Waals surface area contributed by atoms with Crippen LogP contribution in [0.1, 0.15) is 34.8 Å². The number of alkyl halides is 3. The summed E-state index contributed by atoms with van der Waals surface area (Å²) in [5.41, 5.74) is -0.128. The first-order chi connectivity index (χ1) is 12.2. The lowest BCUT2D eigenvalue weighted by atomic mass is 10.1. The zero-order chi connectivity index (χ0) is 19.3. The smallest absolute Gasteiger partial charge is 0.417 e. The van der Waals surface area contributed by atoms with Crippen molar-refractivity contribution in [1.29, 1.82) is 0 Å². The van der Waals surface area contributed by atoms with Crippen LogP contribution in [0.4, 0.5) is 18.9 Å². The molecule has 26 heavy (non-hydrogen) atoms. The number of halogens is 3. The van der Waals surface area contributed by atoms with E-state index in [2.05, 4.69) is 5.32 Å². The van der Waals surface area contributed by atoms with Gasteiger partial charge in [0, 0.05) is 17.1 Å². The van der Waals surface area contributed by atoms with E-state index in [9.17, 15) is 27.9 Å². The summed E-state index contributed by atoms with van der Waals surface area (Å²) in [6.45, 7) is 1.64. The fourth-order valence-corrected chi connectivity index (χ4v) is 3.21. The maximum absolute atomic E-state index is 13.0. The molecule has 0 radical (unpaired) electrons. The van der Waals surface area contributed by atoms with Gasteiger partial charge in [-0.1, -0.05) is 25.1 Å². The molecule has 0 unspecified atom stereocenters. The van der Waals surface area contributed by atoms with Crippen LogP contribution in [0, 0.1) is 0 Å². The molecule has 0 fully saturated rings. The van der Waals surface area contributed by atoms with Crippen LogP contribution in [0.15, 0.2) is 47.4 Å². The molecule has 2 aromatic carbocycles. The number of amides is 1. The summed E-state index contributed by atoms with van der Waals surface area (Å²) in [7, 11) is 0. The molecule has 1 amide bonds. The highest BCUT2D eigenvalue weighted by atomic mass is 32.2. The summed E-state index contributed by atoms with van der Waals surface area (Å²) in [5.74, 6) is -1.39. The summed E-state index contributed by atoms with van der Waals surface area (Å²) in [5, 5.41) is 11.8. The topological polar surface area (TPSA) is 66.4 Å². The Labute approximate surface area is 152 Å². The molecule has 8 heteroatoms. The fourth-order valence-electron chi connectivity index (χ4n) is 2.19. The average molecular weight is 383 g/mol. The Morgan fingerprint density at radius 3 is 2.46 bits per heavy atom. The van der Waals surface area contributed by atoms with Crippen LogP contribution < -0.4 is 5.32 Å². The summed E-state index contributed by atoms with van der Waals surface area (Å²) >= 11 is 0.971. The predicted molar refractivity (Wildman–Crippen MR) is 93.3 cm³/mol. The summed E-state index contributed by atoms with van der Waals surface area (Å²) < 4.78 is 39.1. The van der Waals surface area contributed by atoms with E-state index in [0.29, 0.717) is 5.56 Å². The molecule has 0 saturated heterocycles. The van der Waals surface area contributed by atoms with E-state index >= 15 is 0 Å². The van der Waals surface area contributed by atoms with Crippen LogP contribution in [-0.2, 0) is 16.7 Å². The van der Waals surface area contributed by atoms with Gasteiger partial charge in [-0.2, -0.15) is 13.2 Å². The molecule has 2 N–H and O–H groups in total. The largest absolute Gasteiger partial charge is 0.478 e. The lowest BCUT2D eigenvalue weighted by molar-refractivity contribution is -0.139. The number of hydrogen-bond donors (Lipinski definition) is 2. The van der Waals surface area contributed by atoms with Gasteiger partial charge >= 0.3 is 12.1 Å². The van der Waals surface area contributed by atoms with Crippen molar-refractivity contribution in [1.82, 2.24) is 0 Å². The minimum Gasteiger partial charge on any atom is -0.478 e. The van der Waals surface area contributed by atoms with Gasteiger partial charge in [-0.05, 0) is 29.8 Å². The Morgan fingerprint density at radius 2 is 1.85 bits per heavy atom. The maximum atomic E-state index is 13.0. The van der Waals surface area contributed by atoms with Gasteiger partial charge in [0.25, 0.3) is 0 Å². The van der Waals surface area contributed by atoms with E-state index in [1.807, 2.05) is 0 Å². The average Bonchev–Trinajstić information content (AvgIpc) is 2.60. The predicted octanol–water partition coefficient (Wildman–Crippen LogP) is 5.04. The second-order valence-electron chi connectivity index (χ2n) is 5.37. The number of carbonyl (C=O) groups excluding carboxylic acids is 1. The van der Waals surface area contributed by atoms with Gasteiger partial charge in [0.1, 0.15) is 0 Å². The highest BCUT2D eigenvalue weighted by molar-refractivity contribution is 7.98. The molecule has 0 aliphatic heterocycles. The molecule has 0 saturated carbocycles. The van der Waals surface area contributed by atoms with Gasteiger partial charge in [-0.25, -0.2) is 4.79 Å². The zero-order valence-electron chi connectivity index (χ0n) is 13.8. The van der Waals surface area contributed by atoms with Crippen molar-refractivity contribution in [3.63, 3.8) is 0 Å². The van der Waals surface area contributed by atoms with Gasteiger partial charge in [0.15, 0.2) is 0 Å². The highest BCUT2D eigenvalue weighted by Crippen LogP contribution is 2.37. The number of thioether (sulfide) groups is 1. The quantitative estimate of drug-likeness (QED) is 0.686. The van der Waals surface area contributed by atoms with E-state index in [0.717, 1.165) is 17.8 Å². The first kappa shape index (κ1) is 19.8. The van der Waals surface area contributed by atoms with Crippen molar-refractivity contribution in [3.05, 3.63) is 59.2 Å². The number of carboxylic acids is 1. The number of carbonyl (C=O) groups is 2. The Morgan fingerprint density at radius 1 is 1.15 bits per heavy atom. The molecule has 0 aliphatic carbocycles. The van der Waals surface area contributed by atoms with Crippen molar-refractivity contribution in [2.24, 2.45) is 0 Å². The van der Waals surface area contributed by atoms with Gasteiger partial charge in [-0.3, -0.25) is 4.79 Å². The number of anilines is 1. The summed E-state index contributed by atoms with van der Waals surface area (Å²) in [6.07, 6.45) is -4.25. The Kier molecular flexibility index (Phi) is 6.31. The second kappa shape index (κ2) is 8.27. The molecule has 4 nitrogen and oxygen atoms in total. The third-order valence-corrected chi connectivity index (χ3v) is 4.64. The van der Waals surface area contributed by atoms with Gasteiger partial charge < -0.3 is 10.4 Å². The fraction of sp³-hybridized carbons (Fsp3) is 0.222. The monoisotopic (exact) mass is 383 g/mol. The summed E-state index contributed by atoms with van der Waals surface area (Å²) in [6, 6.07) is 9.61. The van der Waals surface area contributed by atoms with Crippen molar-refractivity contribution < 1.29 is 27.9 Å².